The van der Waals surface area contributed by atoms with Crippen LogP contribution in [0.15, 0.2) is 48.5 Å². The third kappa shape index (κ3) is 3.90. The molecule has 2 aromatic rings. The van der Waals surface area contributed by atoms with Crippen LogP contribution in [-0.4, -0.2) is 12.9 Å². The summed E-state index contributed by atoms with van der Waals surface area (Å²) in [6.45, 7) is 0.408. The van der Waals surface area contributed by atoms with Crippen molar-refractivity contribution < 1.29 is 9.47 Å². The topological polar surface area (TPSA) is 68.3 Å². The van der Waals surface area contributed by atoms with E-state index >= 15 is 0 Å². The summed E-state index contributed by atoms with van der Waals surface area (Å²) in [6, 6.07) is 14.9. The summed E-state index contributed by atoms with van der Waals surface area (Å²) in [5.74, 6) is 1.51. The molecule has 5 heteroatoms. The molecule has 0 aliphatic heterocycles. The predicted octanol–water partition coefficient (Wildman–Crippen LogP) is 2.98. The number of amidine groups is 1. The number of hydrogen-bond donors (Lipinski definition) is 2. The van der Waals surface area contributed by atoms with Crippen LogP contribution < -0.4 is 15.2 Å². The Hall–Kier alpha value is -2.20. The summed E-state index contributed by atoms with van der Waals surface area (Å²) in [5, 5.41) is 7.39. The molecular formula is C15H17ClN2O2. The molecule has 2 aromatic carbocycles. The smallest absolute Gasteiger partial charge is 0.125 e. The zero-order chi connectivity index (χ0) is 13.7. The summed E-state index contributed by atoms with van der Waals surface area (Å²) in [6.07, 6.45) is 0. The largest absolute Gasteiger partial charge is 0.496 e. The fraction of sp³-hybridized carbons (Fsp3) is 0.133. The van der Waals surface area contributed by atoms with E-state index in [9.17, 15) is 0 Å². The van der Waals surface area contributed by atoms with Gasteiger partial charge >= 0.3 is 0 Å². The minimum atomic E-state index is 0. The lowest BCUT2D eigenvalue weighted by molar-refractivity contribution is 0.296. The molecule has 106 valence electrons. The van der Waals surface area contributed by atoms with E-state index in [1.807, 2.05) is 36.4 Å². The number of para-hydroxylation sites is 1. The number of rotatable bonds is 5. The summed E-state index contributed by atoms with van der Waals surface area (Å²) < 4.78 is 11.0. The summed E-state index contributed by atoms with van der Waals surface area (Å²) in [7, 11) is 1.63. The van der Waals surface area contributed by atoms with Crippen molar-refractivity contribution in [3.05, 3.63) is 59.7 Å². The van der Waals surface area contributed by atoms with Gasteiger partial charge in [-0.2, -0.15) is 0 Å². The molecule has 0 aliphatic carbocycles. The first-order valence-electron chi connectivity index (χ1n) is 5.90. The highest BCUT2D eigenvalue weighted by molar-refractivity contribution is 5.95. The zero-order valence-corrected chi connectivity index (χ0v) is 11.9. The van der Waals surface area contributed by atoms with Crippen LogP contribution in [0, 0.1) is 5.41 Å². The van der Waals surface area contributed by atoms with Crippen molar-refractivity contribution in [2.24, 2.45) is 5.73 Å². The third-order valence-corrected chi connectivity index (χ3v) is 2.73. The van der Waals surface area contributed by atoms with E-state index in [1.54, 1.807) is 19.2 Å². The maximum Gasteiger partial charge on any atom is 0.125 e. The van der Waals surface area contributed by atoms with Gasteiger partial charge in [0.1, 0.15) is 23.9 Å². The van der Waals surface area contributed by atoms with E-state index in [4.69, 9.17) is 20.6 Å². The van der Waals surface area contributed by atoms with Crippen molar-refractivity contribution >= 4 is 18.2 Å². The average molecular weight is 293 g/mol. The standard InChI is InChI=1S/C15H16N2O2.ClH/c1-18-14-8-3-2-5-12(14)10-19-13-7-4-6-11(9-13)15(16)17;/h2-9H,10H2,1H3,(H3,16,17);1H. The molecular weight excluding hydrogens is 276 g/mol. The number of hydrogen-bond acceptors (Lipinski definition) is 3. The van der Waals surface area contributed by atoms with E-state index in [0.717, 1.165) is 11.3 Å². The Bertz CT molecular complexity index is 588. The van der Waals surface area contributed by atoms with Gasteiger partial charge in [0, 0.05) is 11.1 Å². The first-order chi connectivity index (χ1) is 9.20. The third-order valence-electron chi connectivity index (χ3n) is 2.73. The number of benzene rings is 2. The molecule has 20 heavy (non-hydrogen) atoms. The van der Waals surface area contributed by atoms with Crippen LogP contribution in [0.5, 0.6) is 11.5 Å². The van der Waals surface area contributed by atoms with Gasteiger partial charge in [0.25, 0.3) is 0 Å². The van der Waals surface area contributed by atoms with Gasteiger partial charge in [-0.05, 0) is 18.2 Å². The van der Waals surface area contributed by atoms with Gasteiger partial charge in [0.2, 0.25) is 0 Å². The van der Waals surface area contributed by atoms with Gasteiger partial charge < -0.3 is 15.2 Å². The quantitative estimate of drug-likeness (QED) is 0.657. The van der Waals surface area contributed by atoms with E-state index in [0.29, 0.717) is 17.9 Å². The van der Waals surface area contributed by atoms with Crippen molar-refractivity contribution in [2.75, 3.05) is 7.11 Å². The number of ether oxygens (including phenoxy) is 2. The van der Waals surface area contributed by atoms with Crippen molar-refractivity contribution in [2.45, 2.75) is 6.61 Å². The Morgan fingerprint density at radius 2 is 1.90 bits per heavy atom. The van der Waals surface area contributed by atoms with Crippen LogP contribution in [0.3, 0.4) is 0 Å². The second kappa shape index (κ2) is 7.40. The molecule has 0 aromatic heterocycles. The SMILES string of the molecule is COc1ccccc1COc1cccc(C(=N)N)c1.Cl. The Morgan fingerprint density at radius 3 is 2.60 bits per heavy atom. The number of nitrogens with one attached hydrogen (secondary N) is 1. The van der Waals surface area contributed by atoms with E-state index in [1.165, 1.54) is 0 Å². The normalized spacial score (nSPS) is 9.45. The summed E-state index contributed by atoms with van der Waals surface area (Å²) in [4.78, 5) is 0. The number of nitrogen functional groups attached to an aromatic ring is 1. The molecule has 0 saturated carbocycles. The van der Waals surface area contributed by atoms with Gasteiger partial charge in [-0.15, -0.1) is 12.4 Å². The van der Waals surface area contributed by atoms with Crippen LogP contribution in [0.4, 0.5) is 0 Å². The minimum Gasteiger partial charge on any atom is -0.496 e. The van der Waals surface area contributed by atoms with Crippen LogP contribution in [-0.2, 0) is 6.61 Å². The first kappa shape index (κ1) is 15.9. The number of halogens is 1. The number of nitrogens with two attached hydrogens (primary N) is 1. The van der Waals surface area contributed by atoms with Crippen molar-refractivity contribution in [3.8, 4) is 11.5 Å². The lowest BCUT2D eigenvalue weighted by atomic mass is 10.2. The summed E-state index contributed by atoms with van der Waals surface area (Å²) in [5.41, 5.74) is 7.06. The van der Waals surface area contributed by atoms with E-state index in [2.05, 4.69) is 0 Å². The second-order valence-electron chi connectivity index (χ2n) is 4.04. The van der Waals surface area contributed by atoms with Gasteiger partial charge in [0.05, 0.1) is 7.11 Å². The molecule has 2 rings (SSSR count). The van der Waals surface area contributed by atoms with Crippen LogP contribution in [0.1, 0.15) is 11.1 Å². The van der Waals surface area contributed by atoms with Crippen molar-refractivity contribution in [3.63, 3.8) is 0 Å². The van der Waals surface area contributed by atoms with Crippen LogP contribution in [0.2, 0.25) is 0 Å². The Labute approximate surface area is 124 Å². The highest BCUT2D eigenvalue weighted by Crippen LogP contribution is 2.20. The van der Waals surface area contributed by atoms with Gasteiger partial charge in [-0.1, -0.05) is 30.3 Å². The molecule has 0 aliphatic rings. The summed E-state index contributed by atoms with van der Waals surface area (Å²) >= 11 is 0. The molecule has 0 saturated heterocycles. The molecule has 0 amide bonds. The predicted molar refractivity (Wildman–Crippen MR) is 82.0 cm³/mol. The molecule has 0 atom stereocenters. The Morgan fingerprint density at radius 1 is 1.15 bits per heavy atom. The van der Waals surface area contributed by atoms with E-state index in [-0.39, 0.29) is 18.2 Å². The fourth-order valence-electron chi connectivity index (χ4n) is 1.74. The van der Waals surface area contributed by atoms with Gasteiger partial charge in [0.15, 0.2) is 0 Å². The minimum absolute atomic E-state index is 0. The average Bonchev–Trinajstić information content (AvgIpc) is 2.45. The lowest BCUT2D eigenvalue weighted by Crippen LogP contribution is -2.10. The fourth-order valence-corrected chi connectivity index (χ4v) is 1.74. The molecule has 0 fully saturated rings. The van der Waals surface area contributed by atoms with Gasteiger partial charge in [-0.25, -0.2) is 0 Å². The molecule has 3 N–H and O–H groups in total. The zero-order valence-electron chi connectivity index (χ0n) is 11.1. The van der Waals surface area contributed by atoms with E-state index < -0.39 is 0 Å². The Kier molecular flexibility index (Phi) is 5.87. The van der Waals surface area contributed by atoms with Crippen molar-refractivity contribution in [1.29, 1.82) is 5.41 Å². The second-order valence-corrected chi connectivity index (χ2v) is 4.04. The monoisotopic (exact) mass is 292 g/mol. The maximum atomic E-state index is 7.39. The number of methoxy groups -OCH3 is 1. The van der Waals surface area contributed by atoms with Crippen LogP contribution >= 0.6 is 12.4 Å². The molecule has 0 unspecified atom stereocenters. The first-order valence-corrected chi connectivity index (χ1v) is 5.90. The Balaban J connectivity index is 0.00000200. The lowest BCUT2D eigenvalue weighted by Gasteiger charge is -2.10. The highest BCUT2D eigenvalue weighted by atomic mass is 35.5. The van der Waals surface area contributed by atoms with Gasteiger partial charge in [-0.3, -0.25) is 5.41 Å². The molecule has 0 spiro atoms. The van der Waals surface area contributed by atoms with Crippen molar-refractivity contribution in [1.82, 2.24) is 0 Å². The molecule has 0 radical (unpaired) electrons. The molecule has 0 heterocycles. The molecule has 0 bridgehead atoms. The molecule has 4 nitrogen and oxygen atoms in total. The van der Waals surface area contributed by atoms with Crippen LogP contribution in [0.25, 0.3) is 0 Å². The maximum absolute atomic E-state index is 7.39. The highest BCUT2D eigenvalue weighted by Gasteiger charge is 2.04.